The first-order valence-electron chi connectivity index (χ1n) is 11.8. The van der Waals surface area contributed by atoms with Gasteiger partial charge in [0.15, 0.2) is 5.16 Å². The minimum atomic E-state index is -0.175. The number of hydrazone groups is 1. The number of carbonyl (C=O) groups excluding carboxylic acids is 1. The number of para-hydroxylation sites is 2. The topological polar surface area (TPSA) is 59.3 Å². The highest BCUT2D eigenvalue weighted by Crippen LogP contribution is 2.25. The molecule has 0 atom stereocenters. The molecule has 0 fully saturated rings. The normalized spacial score (nSPS) is 11.2. The second kappa shape index (κ2) is 11.1. The number of benzene rings is 4. The van der Waals surface area contributed by atoms with Crippen molar-refractivity contribution in [2.45, 2.75) is 18.6 Å². The Morgan fingerprint density at radius 1 is 0.889 bits per heavy atom. The van der Waals surface area contributed by atoms with Gasteiger partial charge in [0.2, 0.25) is 0 Å². The average molecular weight is 491 g/mol. The highest BCUT2D eigenvalue weighted by Gasteiger charge is 2.13. The van der Waals surface area contributed by atoms with Gasteiger partial charge in [0.25, 0.3) is 5.91 Å². The molecule has 5 rings (SSSR count). The Morgan fingerprint density at radius 3 is 2.36 bits per heavy atom. The lowest BCUT2D eigenvalue weighted by Crippen LogP contribution is -2.20. The number of hydrogen-bond acceptors (Lipinski definition) is 4. The Labute approximate surface area is 214 Å². The first kappa shape index (κ1) is 23.6. The average Bonchev–Trinajstić information content (AvgIpc) is 3.27. The molecule has 5 aromatic rings. The lowest BCUT2D eigenvalue weighted by molar-refractivity contribution is -0.118. The van der Waals surface area contributed by atoms with E-state index in [9.17, 15) is 4.79 Å². The van der Waals surface area contributed by atoms with Crippen LogP contribution in [0.4, 0.5) is 0 Å². The van der Waals surface area contributed by atoms with Crippen LogP contribution in [0, 0.1) is 6.92 Å². The summed E-state index contributed by atoms with van der Waals surface area (Å²) in [6.07, 6.45) is 1.66. The second-order valence-corrected chi connectivity index (χ2v) is 9.47. The molecular weight excluding hydrogens is 464 g/mol. The molecule has 0 saturated carbocycles. The molecule has 1 aromatic heterocycles. The van der Waals surface area contributed by atoms with Crippen LogP contribution in [0.15, 0.2) is 113 Å². The summed E-state index contributed by atoms with van der Waals surface area (Å²) in [4.78, 5) is 17.3. The van der Waals surface area contributed by atoms with Crippen LogP contribution in [-0.4, -0.2) is 27.4 Å². The van der Waals surface area contributed by atoms with Crippen LogP contribution < -0.4 is 5.43 Å². The van der Waals surface area contributed by atoms with Gasteiger partial charge in [-0.05, 0) is 41.3 Å². The van der Waals surface area contributed by atoms with E-state index in [1.165, 1.54) is 28.5 Å². The standard InChI is InChI=1S/C30H26N4OS/c1-22-11-13-24(14-12-22)20-34-28-10-6-5-9-27(28)32-30(34)36-21-29(35)33-31-19-23-15-17-26(18-16-23)25-7-3-2-4-8-25/h2-19H,20-21H2,1H3,(H,33,35)/b31-19-. The van der Waals surface area contributed by atoms with Crippen molar-refractivity contribution in [2.75, 3.05) is 5.75 Å². The van der Waals surface area contributed by atoms with Gasteiger partial charge in [-0.15, -0.1) is 0 Å². The van der Waals surface area contributed by atoms with Crippen LogP contribution in [-0.2, 0) is 11.3 Å². The van der Waals surface area contributed by atoms with Gasteiger partial charge in [-0.25, -0.2) is 10.4 Å². The van der Waals surface area contributed by atoms with E-state index in [-0.39, 0.29) is 11.7 Å². The highest BCUT2D eigenvalue weighted by atomic mass is 32.2. The SMILES string of the molecule is Cc1ccc(Cn2c(SCC(=O)N/N=C\c3ccc(-c4ccccc4)cc3)nc3ccccc32)cc1. The molecular formula is C30H26N4OS. The number of nitrogens with one attached hydrogen (secondary N) is 1. The molecule has 178 valence electrons. The largest absolute Gasteiger partial charge is 0.314 e. The van der Waals surface area contributed by atoms with E-state index in [2.05, 4.69) is 64.5 Å². The molecule has 1 heterocycles. The van der Waals surface area contributed by atoms with Gasteiger partial charge in [0.05, 0.1) is 29.5 Å². The molecule has 0 aliphatic heterocycles. The van der Waals surface area contributed by atoms with Crippen molar-refractivity contribution in [3.63, 3.8) is 0 Å². The molecule has 0 radical (unpaired) electrons. The van der Waals surface area contributed by atoms with Crippen molar-refractivity contribution in [3.05, 3.63) is 120 Å². The molecule has 0 unspecified atom stereocenters. The minimum Gasteiger partial charge on any atom is -0.314 e. The van der Waals surface area contributed by atoms with Gasteiger partial charge in [-0.3, -0.25) is 4.79 Å². The van der Waals surface area contributed by atoms with Crippen molar-refractivity contribution < 1.29 is 4.79 Å². The van der Waals surface area contributed by atoms with Gasteiger partial charge in [0.1, 0.15) is 0 Å². The number of carbonyl (C=O) groups is 1. The minimum absolute atomic E-state index is 0.175. The molecule has 0 spiro atoms. The molecule has 5 nitrogen and oxygen atoms in total. The molecule has 4 aromatic carbocycles. The quantitative estimate of drug-likeness (QED) is 0.158. The third-order valence-electron chi connectivity index (χ3n) is 5.83. The maximum atomic E-state index is 12.5. The number of aryl methyl sites for hydroxylation is 1. The van der Waals surface area contributed by atoms with Gasteiger partial charge in [0, 0.05) is 0 Å². The van der Waals surface area contributed by atoms with E-state index in [0.29, 0.717) is 6.54 Å². The van der Waals surface area contributed by atoms with E-state index in [0.717, 1.165) is 27.3 Å². The zero-order valence-electron chi connectivity index (χ0n) is 20.0. The van der Waals surface area contributed by atoms with Crippen molar-refractivity contribution in [1.82, 2.24) is 15.0 Å². The summed E-state index contributed by atoms with van der Waals surface area (Å²) in [7, 11) is 0. The van der Waals surface area contributed by atoms with Crippen LogP contribution in [0.5, 0.6) is 0 Å². The van der Waals surface area contributed by atoms with Crippen LogP contribution in [0.3, 0.4) is 0 Å². The number of nitrogens with zero attached hydrogens (tertiary/aromatic N) is 3. The van der Waals surface area contributed by atoms with E-state index in [1.807, 2.05) is 60.7 Å². The Balaban J connectivity index is 1.21. The van der Waals surface area contributed by atoms with E-state index < -0.39 is 0 Å². The van der Waals surface area contributed by atoms with Gasteiger partial charge < -0.3 is 4.57 Å². The fourth-order valence-electron chi connectivity index (χ4n) is 3.93. The van der Waals surface area contributed by atoms with E-state index >= 15 is 0 Å². The maximum Gasteiger partial charge on any atom is 0.250 e. The number of thioether (sulfide) groups is 1. The van der Waals surface area contributed by atoms with Gasteiger partial charge in [-0.1, -0.05) is 108 Å². The Bertz CT molecular complexity index is 1490. The van der Waals surface area contributed by atoms with Crippen molar-refractivity contribution in [1.29, 1.82) is 0 Å². The highest BCUT2D eigenvalue weighted by molar-refractivity contribution is 7.99. The molecule has 36 heavy (non-hydrogen) atoms. The first-order chi connectivity index (χ1) is 17.7. The zero-order valence-corrected chi connectivity index (χ0v) is 20.8. The Kier molecular flexibility index (Phi) is 7.24. The summed E-state index contributed by atoms with van der Waals surface area (Å²) in [5.74, 6) is 0.0488. The van der Waals surface area contributed by atoms with E-state index in [4.69, 9.17) is 4.98 Å². The summed E-state index contributed by atoms with van der Waals surface area (Å²) >= 11 is 1.42. The molecule has 0 aliphatic carbocycles. The Morgan fingerprint density at radius 2 is 1.58 bits per heavy atom. The van der Waals surface area contributed by atoms with E-state index in [1.54, 1.807) is 6.21 Å². The van der Waals surface area contributed by atoms with Gasteiger partial charge in [-0.2, -0.15) is 5.10 Å². The Hall–Kier alpha value is -4.16. The summed E-state index contributed by atoms with van der Waals surface area (Å²) in [6.45, 7) is 2.78. The van der Waals surface area contributed by atoms with Crippen LogP contribution in [0.2, 0.25) is 0 Å². The molecule has 0 aliphatic rings. The van der Waals surface area contributed by atoms with Gasteiger partial charge >= 0.3 is 0 Å². The maximum absolute atomic E-state index is 12.5. The summed E-state index contributed by atoms with van der Waals surface area (Å²) in [5.41, 5.74) is 10.3. The summed E-state index contributed by atoms with van der Waals surface area (Å²) in [5, 5.41) is 4.94. The number of amides is 1. The lowest BCUT2D eigenvalue weighted by Gasteiger charge is -2.09. The predicted octanol–water partition coefficient (Wildman–Crippen LogP) is 6.30. The predicted molar refractivity (Wildman–Crippen MR) is 148 cm³/mol. The lowest BCUT2D eigenvalue weighted by atomic mass is 10.0. The zero-order chi connectivity index (χ0) is 24.7. The van der Waals surface area contributed by atoms with Crippen LogP contribution in [0.1, 0.15) is 16.7 Å². The van der Waals surface area contributed by atoms with Crippen molar-refractivity contribution in [2.24, 2.45) is 5.10 Å². The number of aromatic nitrogens is 2. The van der Waals surface area contributed by atoms with Crippen LogP contribution in [0.25, 0.3) is 22.2 Å². The molecule has 0 saturated heterocycles. The molecule has 1 N–H and O–H groups in total. The van der Waals surface area contributed by atoms with Crippen molar-refractivity contribution in [3.8, 4) is 11.1 Å². The number of rotatable bonds is 8. The molecule has 6 heteroatoms. The molecule has 1 amide bonds. The summed E-state index contributed by atoms with van der Waals surface area (Å²) in [6, 6.07) is 34.8. The fourth-order valence-corrected chi connectivity index (χ4v) is 4.73. The second-order valence-electron chi connectivity index (χ2n) is 8.52. The summed E-state index contributed by atoms with van der Waals surface area (Å²) < 4.78 is 2.16. The number of hydrogen-bond donors (Lipinski definition) is 1. The fraction of sp³-hybridized carbons (Fsp3) is 0.100. The number of fused-ring (bicyclic) bond motifs is 1. The number of imidazole rings is 1. The van der Waals surface area contributed by atoms with Crippen molar-refractivity contribution >= 4 is 34.9 Å². The van der Waals surface area contributed by atoms with Crippen LogP contribution >= 0.6 is 11.8 Å². The molecule has 0 bridgehead atoms. The first-order valence-corrected chi connectivity index (χ1v) is 12.8. The third kappa shape index (κ3) is 5.73. The smallest absolute Gasteiger partial charge is 0.250 e. The monoisotopic (exact) mass is 490 g/mol. The third-order valence-corrected chi connectivity index (χ3v) is 6.81.